The molecule has 0 saturated carbocycles. The van der Waals surface area contributed by atoms with E-state index in [1.54, 1.807) is 0 Å². The first-order valence-corrected chi connectivity index (χ1v) is 7.22. The zero-order valence-corrected chi connectivity index (χ0v) is 12.6. The highest BCUT2D eigenvalue weighted by molar-refractivity contribution is 5.74. The Morgan fingerprint density at radius 2 is 1.59 bits per heavy atom. The third-order valence-corrected chi connectivity index (χ3v) is 3.76. The third kappa shape index (κ3) is 2.77. The van der Waals surface area contributed by atoms with Crippen LogP contribution in [0.2, 0.25) is 0 Å². The number of benzene rings is 2. The predicted molar refractivity (Wildman–Crippen MR) is 93.1 cm³/mol. The summed E-state index contributed by atoms with van der Waals surface area (Å²) in [5.41, 5.74) is 13.0. The van der Waals surface area contributed by atoms with E-state index in [-0.39, 0.29) is 0 Å². The number of aryl methyl sites for hydroxylation is 1. The molecule has 3 rings (SSSR count). The van der Waals surface area contributed by atoms with Gasteiger partial charge in [0, 0.05) is 23.0 Å². The predicted octanol–water partition coefficient (Wildman–Crippen LogP) is 4.65. The van der Waals surface area contributed by atoms with Crippen molar-refractivity contribution in [2.45, 2.75) is 6.92 Å². The van der Waals surface area contributed by atoms with Crippen molar-refractivity contribution in [3.05, 3.63) is 84.6 Å². The lowest BCUT2D eigenvalue weighted by Crippen LogP contribution is -1.97. The van der Waals surface area contributed by atoms with Crippen molar-refractivity contribution in [3.63, 3.8) is 0 Å². The van der Waals surface area contributed by atoms with Crippen LogP contribution in [0, 0.1) is 6.92 Å². The van der Waals surface area contributed by atoms with Gasteiger partial charge < -0.3 is 5.73 Å². The van der Waals surface area contributed by atoms with Gasteiger partial charge in [0.1, 0.15) is 0 Å². The fourth-order valence-corrected chi connectivity index (χ4v) is 2.51. The minimum absolute atomic E-state index is 0.601. The smallest absolute Gasteiger partial charge is 0.0701 e. The molecule has 0 fully saturated rings. The van der Waals surface area contributed by atoms with Crippen molar-refractivity contribution < 1.29 is 0 Å². The lowest BCUT2D eigenvalue weighted by atomic mass is 9.97. The molecule has 3 aromatic rings. The summed E-state index contributed by atoms with van der Waals surface area (Å²) in [7, 11) is 0. The first kappa shape index (κ1) is 14.1. The van der Waals surface area contributed by atoms with Gasteiger partial charge in [0.15, 0.2) is 0 Å². The molecule has 2 nitrogen and oxygen atoms in total. The van der Waals surface area contributed by atoms with Gasteiger partial charge in [0.25, 0.3) is 0 Å². The van der Waals surface area contributed by atoms with Crippen LogP contribution < -0.4 is 5.73 Å². The number of aromatic nitrogens is 1. The quantitative estimate of drug-likeness (QED) is 0.761. The van der Waals surface area contributed by atoms with Crippen LogP contribution in [0.25, 0.3) is 28.1 Å². The molecule has 0 spiro atoms. The number of rotatable bonds is 3. The summed E-state index contributed by atoms with van der Waals surface area (Å²) in [4.78, 5) is 4.37. The molecule has 0 aliphatic heterocycles. The first-order chi connectivity index (χ1) is 10.6. The molecule has 2 aromatic carbocycles. The lowest BCUT2D eigenvalue weighted by Gasteiger charge is -2.09. The summed E-state index contributed by atoms with van der Waals surface area (Å²) in [5, 5.41) is 0. The second kappa shape index (κ2) is 5.86. The van der Waals surface area contributed by atoms with E-state index in [9.17, 15) is 0 Å². The molecule has 0 radical (unpaired) electrons. The van der Waals surface area contributed by atoms with E-state index in [1.165, 1.54) is 0 Å². The maximum absolute atomic E-state index is 5.86. The van der Waals surface area contributed by atoms with Gasteiger partial charge in [-0.15, -0.1) is 0 Å². The molecule has 108 valence electrons. The fraction of sp³-hybridized carbons (Fsp3) is 0.0500. The van der Waals surface area contributed by atoms with Gasteiger partial charge in [-0.05, 0) is 41.8 Å². The Morgan fingerprint density at radius 1 is 0.909 bits per heavy atom. The molecule has 2 heteroatoms. The monoisotopic (exact) mass is 286 g/mol. The van der Waals surface area contributed by atoms with Crippen molar-refractivity contribution in [3.8, 4) is 22.4 Å². The van der Waals surface area contributed by atoms with Gasteiger partial charge in [-0.2, -0.15) is 0 Å². The molecule has 22 heavy (non-hydrogen) atoms. The van der Waals surface area contributed by atoms with Crippen LogP contribution in [0.4, 0.5) is 0 Å². The van der Waals surface area contributed by atoms with E-state index < -0.39 is 0 Å². The lowest BCUT2D eigenvalue weighted by molar-refractivity contribution is 1.33. The normalized spacial score (nSPS) is 10.4. The zero-order valence-electron chi connectivity index (χ0n) is 12.6. The average molecular weight is 286 g/mol. The van der Waals surface area contributed by atoms with Gasteiger partial charge >= 0.3 is 0 Å². The minimum Gasteiger partial charge on any atom is -0.399 e. The SMILES string of the molecule is C=C(N)c1cc(-c2ccc(-c3ccccn3)cc2)ccc1C. The summed E-state index contributed by atoms with van der Waals surface area (Å²) in [6, 6.07) is 20.6. The topological polar surface area (TPSA) is 38.9 Å². The zero-order chi connectivity index (χ0) is 15.5. The maximum Gasteiger partial charge on any atom is 0.0701 e. The van der Waals surface area contributed by atoms with E-state index in [0.29, 0.717) is 5.70 Å². The molecule has 2 N–H and O–H groups in total. The molecule has 1 aromatic heterocycles. The van der Waals surface area contributed by atoms with Gasteiger partial charge in [0.05, 0.1) is 5.69 Å². The molecule has 0 amide bonds. The van der Waals surface area contributed by atoms with Gasteiger partial charge in [-0.3, -0.25) is 4.98 Å². The number of nitrogens with zero attached hydrogens (tertiary/aromatic N) is 1. The van der Waals surface area contributed by atoms with Crippen molar-refractivity contribution in [2.24, 2.45) is 5.73 Å². The Kier molecular flexibility index (Phi) is 3.75. The third-order valence-electron chi connectivity index (χ3n) is 3.76. The van der Waals surface area contributed by atoms with Crippen LogP contribution >= 0.6 is 0 Å². The molecule has 0 unspecified atom stereocenters. The summed E-state index contributed by atoms with van der Waals surface area (Å²) in [6.45, 7) is 5.89. The Balaban J connectivity index is 1.97. The minimum atomic E-state index is 0.601. The average Bonchev–Trinajstić information content (AvgIpc) is 2.56. The first-order valence-electron chi connectivity index (χ1n) is 7.22. The van der Waals surface area contributed by atoms with Crippen molar-refractivity contribution in [1.82, 2.24) is 4.98 Å². The van der Waals surface area contributed by atoms with Crippen molar-refractivity contribution in [2.75, 3.05) is 0 Å². The highest BCUT2D eigenvalue weighted by atomic mass is 14.7. The second-order valence-corrected chi connectivity index (χ2v) is 5.35. The Hall–Kier alpha value is -2.87. The molecule has 0 atom stereocenters. The molecular weight excluding hydrogens is 268 g/mol. The van der Waals surface area contributed by atoms with Crippen LogP contribution in [0.15, 0.2) is 73.4 Å². The summed E-state index contributed by atoms with van der Waals surface area (Å²) in [5.74, 6) is 0. The molecule has 0 saturated heterocycles. The van der Waals surface area contributed by atoms with Crippen LogP contribution in [0.1, 0.15) is 11.1 Å². The van der Waals surface area contributed by atoms with E-state index >= 15 is 0 Å². The van der Waals surface area contributed by atoms with Crippen LogP contribution in [-0.2, 0) is 0 Å². The van der Waals surface area contributed by atoms with Gasteiger partial charge in [-0.25, -0.2) is 0 Å². The van der Waals surface area contributed by atoms with E-state index in [0.717, 1.165) is 33.5 Å². The summed E-state index contributed by atoms with van der Waals surface area (Å²) < 4.78 is 0. The Labute approximate surface area is 131 Å². The Morgan fingerprint density at radius 3 is 2.23 bits per heavy atom. The largest absolute Gasteiger partial charge is 0.399 e. The molecule has 0 aliphatic rings. The number of nitrogens with two attached hydrogens (primary N) is 1. The number of pyridine rings is 1. The van der Waals surface area contributed by atoms with E-state index in [4.69, 9.17) is 5.73 Å². The number of hydrogen-bond acceptors (Lipinski definition) is 2. The molecule has 0 bridgehead atoms. The second-order valence-electron chi connectivity index (χ2n) is 5.35. The standard InChI is InChI=1S/C20H18N2/c1-14-6-7-18(13-19(14)15(2)21)16-8-10-17(11-9-16)20-5-3-4-12-22-20/h3-13H,2,21H2,1H3. The van der Waals surface area contributed by atoms with Crippen LogP contribution in [-0.4, -0.2) is 4.98 Å². The molecule has 1 heterocycles. The van der Waals surface area contributed by atoms with Gasteiger partial charge in [-0.1, -0.05) is 49.0 Å². The highest BCUT2D eigenvalue weighted by Crippen LogP contribution is 2.26. The van der Waals surface area contributed by atoms with Crippen LogP contribution in [0.3, 0.4) is 0 Å². The van der Waals surface area contributed by atoms with Crippen LogP contribution in [0.5, 0.6) is 0 Å². The van der Waals surface area contributed by atoms with E-state index in [2.05, 4.69) is 54.0 Å². The Bertz CT molecular complexity index is 803. The summed E-state index contributed by atoms with van der Waals surface area (Å²) >= 11 is 0. The van der Waals surface area contributed by atoms with Gasteiger partial charge in [0.2, 0.25) is 0 Å². The van der Waals surface area contributed by atoms with E-state index in [1.807, 2.05) is 31.3 Å². The molecule has 0 aliphatic carbocycles. The molecular formula is C20H18N2. The fourth-order valence-electron chi connectivity index (χ4n) is 2.51. The maximum atomic E-state index is 5.86. The van der Waals surface area contributed by atoms with Crippen molar-refractivity contribution in [1.29, 1.82) is 0 Å². The summed E-state index contributed by atoms with van der Waals surface area (Å²) in [6.07, 6.45) is 1.81. The van der Waals surface area contributed by atoms with Crippen molar-refractivity contribution >= 4 is 5.70 Å². The highest BCUT2D eigenvalue weighted by Gasteiger charge is 2.05. The number of hydrogen-bond donors (Lipinski definition) is 1.